The van der Waals surface area contributed by atoms with Gasteiger partial charge in [0.1, 0.15) is 12.1 Å². The molecule has 0 unspecified atom stereocenters. The van der Waals surface area contributed by atoms with Gasteiger partial charge >= 0.3 is 6.18 Å². The Labute approximate surface area is 159 Å². The molecule has 0 aliphatic rings. The highest BCUT2D eigenvalue weighted by Gasteiger charge is 2.29. The lowest BCUT2D eigenvalue weighted by Gasteiger charge is -2.13. The number of benzene rings is 1. The van der Waals surface area contributed by atoms with Gasteiger partial charge in [0.05, 0.1) is 14.2 Å². The number of aryl methyl sites for hydroxylation is 3. The lowest BCUT2D eigenvalue weighted by atomic mass is 10.1. The van der Waals surface area contributed by atoms with Gasteiger partial charge in [0, 0.05) is 12.7 Å². The molecule has 0 aliphatic heterocycles. The summed E-state index contributed by atoms with van der Waals surface area (Å²) >= 11 is 0. The van der Waals surface area contributed by atoms with E-state index >= 15 is 0 Å². The monoisotopic (exact) mass is 398 g/mol. The Kier molecular flexibility index (Phi) is 6.71. The smallest absolute Gasteiger partial charge is 0.405 e. The molecule has 9 heteroatoms. The number of hydrogen-bond acceptors (Lipinski definition) is 4. The number of amides is 1. The van der Waals surface area contributed by atoms with Gasteiger partial charge in [-0.15, -0.1) is 0 Å². The summed E-state index contributed by atoms with van der Waals surface area (Å²) in [6, 6.07) is 6.85. The van der Waals surface area contributed by atoms with E-state index in [4.69, 9.17) is 9.47 Å². The van der Waals surface area contributed by atoms with Gasteiger partial charge in [0.25, 0.3) is 11.5 Å². The van der Waals surface area contributed by atoms with E-state index in [1.54, 1.807) is 17.4 Å². The summed E-state index contributed by atoms with van der Waals surface area (Å²) in [6.07, 6.45) is -2.59. The van der Waals surface area contributed by atoms with Gasteiger partial charge in [-0.2, -0.15) is 13.2 Å². The minimum atomic E-state index is -4.55. The largest absolute Gasteiger partial charge is 0.493 e. The third-order valence-electron chi connectivity index (χ3n) is 4.14. The van der Waals surface area contributed by atoms with E-state index in [0.29, 0.717) is 23.5 Å². The Balaban J connectivity index is 2.19. The number of carbonyl (C=O) groups excluding carboxylic acids is 1. The van der Waals surface area contributed by atoms with Crippen molar-refractivity contribution in [2.75, 3.05) is 20.8 Å². The van der Waals surface area contributed by atoms with Gasteiger partial charge < -0.3 is 19.4 Å². The number of rotatable bonds is 7. The zero-order chi connectivity index (χ0) is 20.9. The maximum atomic E-state index is 12.6. The summed E-state index contributed by atoms with van der Waals surface area (Å²) in [5, 5.41) is 1.74. The van der Waals surface area contributed by atoms with Crippen LogP contribution in [0.2, 0.25) is 0 Å². The summed E-state index contributed by atoms with van der Waals surface area (Å²) in [6.45, 7) is 0.252. The van der Waals surface area contributed by atoms with Crippen LogP contribution in [0.15, 0.2) is 35.3 Å². The highest BCUT2D eigenvalue weighted by molar-refractivity contribution is 5.95. The van der Waals surface area contributed by atoms with Crippen molar-refractivity contribution in [1.82, 2.24) is 9.88 Å². The van der Waals surface area contributed by atoms with Crippen molar-refractivity contribution in [1.29, 1.82) is 0 Å². The topological polar surface area (TPSA) is 69.6 Å². The number of halogens is 3. The molecule has 1 heterocycles. The van der Waals surface area contributed by atoms with Crippen LogP contribution in [-0.4, -0.2) is 37.4 Å². The molecule has 0 radical (unpaired) electrons. The van der Waals surface area contributed by atoms with E-state index in [-0.39, 0.29) is 12.1 Å². The number of nitrogens with zero attached hydrogens (tertiary/aromatic N) is 1. The van der Waals surface area contributed by atoms with E-state index in [1.807, 2.05) is 6.07 Å². The molecule has 1 N–H and O–H groups in total. The second-order valence-electron chi connectivity index (χ2n) is 6.11. The van der Waals surface area contributed by atoms with Crippen LogP contribution in [0.25, 0.3) is 0 Å². The third kappa shape index (κ3) is 5.28. The maximum Gasteiger partial charge on any atom is 0.405 e. The summed E-state index contributed by atoms with van der Waals surface area (Å²) in [5.74, 6) is 0.0751. The first-order valence-electron chi connectivity index (χ1n) is 8.42. The highest BCUT2D eigenvalue weighted by Crippen LogP contribution is 2.27. The molecule has 1 aromatic carbocycles. The van der Waals surface area contributed by atoms with Crippen LogP contribution >= 0.6 is 0 Å². The SMILES string of the molecule is COc1ccc(CCn2ccc(C)c(C(=O)NCC(F)(F)F)c2=O)cc1OC. The Hall–Kier alpha value is -2.97. The predicted octanol–water partition coefficient (Wildman–Crippen LogP) is 2.71. The quantitative estimate of drug-likeness (QED) is 0.779. The number of ether oxygens (including phenoxy) is 2. The van der Waals surface area contributed by atoms with Crippen molar-refractivity contribution in [2.45, 2.75) is 26.1 Å². The Morgan fingerprint density at radius 1 is 1.14 bits per heavy atom. The normalized spacial score (nSPS) is 11.2. The molecule has 0 saturated heterocycles. The fraction of sp³-hybridized carbons (Fsp3) is 0.368. The van der Waals surface area contributed by atoms with Crippen molar-refractivity contribution in [2.24, 2.45) is 0 Å². The van der Waals surface area contributed by atoms with Crippen LogP contribution in [0, 0.1) is 6.92 Å². The minimum Gasteiger partial charge on any atom is -0.493 e. The Morgan fingerprint density at radius 3 is 2.43 bits per heavy atom. The average Bonchev–Trinajstić information content (AvgIpc) is 2.65. The number of alkyl halides is 3. The van der Waals surface area contributed by atoms with Crippen molar-refractivity contribution < 1.29 is 27.4 Å². The van der Waals surface area contributed by atoms with E-state index in [2.05, 4.69) is 0 Å². The number of hydrogen-bond donors (Lipinski definition) is 1. The van der Waals surface area contributed by atoms with E-state index in [9.17, 15) is 22.8 Å². The van der Waals surface area contributed by atoms with Gasteiger partial charge in [0.15, 0.2) is 11.5 Å². The molecule has 28 heavy (non-hydrogen) atoms. The lowest BCUT2D eigenvalue weighted by Crippen LogP contribution is -2.38. The van der Waals surface area contributed by atoms with E-state index in [0.717, 1.165) is 5.56 Å². The fourth-order valence-corrected chi connectivity index (χ4v) is 2.67. The van der Waals surface area contributed by atoms with Crippen molar-refractivity contribution >= 4 is 5.91 Å². The number of nitrogens with one attached hydrogen (secondary N) is 1. The molecule has 1 amide bonds. The highest BCUT2D eigenvalue weighted by atomic mass is 19.4. The molecule has 0 fully saturated rings. The van der Waals surface area contributed by atoms with Crippen LogP contribution in [-0.2, 0) is 13.0 Å². The first-order chi connectivity index (χ1) is 13.2. The maximum absolute atomic E-state index is 12.6. The minimum absolute atomic E-state index is 0.244. The Morgan fingerprint density at radius 2 is 1.82 bits per heavy atom. The fourth-order valence-electron chi connectivity index (χ4n) is 2.67. The van der Waals surface area contributed by atoms with Gasteiger partial charge in [-0.1, -0.05) is 6.07 Å². The first kappa shape index (κ1) is 21.3. The second kappa shape index (κ2) is 8.81. The summed E-state index contributed by atoms with van der Waals surface area (Å²) in [7, 11) is 3.03. The average molecular weight is 398 g/mol. The molecular weight excluding hydrogens is 377 g/mol. The molecule has 6 nitrogen and oxygen atoms in total. The van der Waals surface area contributed by atoms with Gasteiger partial charge in [-0.05, 0) is 42.7 Å². The first-order valence-corrected chi connectivity index (χ1v) is 8.42. The van der Waals surface area contributed by atoms with Crippen molar-refractivity contribution in [3.8, 4) is 11.5 Å². The second-order valence-corrected chi connectivity index (χ2v) is 6.11. The molecule has 0 spiro atoms. The number of methoxy groups -OCH3 is 2. The van der Waals surface area contributed by atoms with Crippen molar-refractivity contribution in [3.05, 3.63) is 57.5 Å². The molecule has 152 valence electrons. The van der Waals surface area contributed by atoms with Crippen LogP contribution < -0.4 is 20.3 Å². The standard InChI is InChI=1S/C19H21F3N2O4/c1-12-6-8-24(18(26)16(12)17(25)23-11-19(20,21)22)9-7-13-4-5-14(27-2)15(10-13)28-3/h4-6,8,10H,7,9,11H2,1-3H3,(H,23,25). The summed E-state index contributed by atoms with van der Waals surface area (Å²) in [5.41, 5.74) is 0.249. The van der Waals surface area contributed by atoms with Gasteiger partial charge in [-0.3, -0.25) is 9.59 Å². The zero-order valence-electron chi connectivity index (χ0n) is 15.7. The molecular formula is C19H21F3N2O4. The van der Waals surface area contributed by atoms with E-state index in [1.165, 1.54) is 38.0 Å². The Bertz CT molecular complexity index is 907. The molecule has 2 aromatic rings. The van der Waals surface area contributed by atoms with Crippen LogP contribution in [0.1, 0.15) is 21.5 Å². The third-order valence-corrected chi connectivity index (χ3v) is 4.14. The van der Waals surface area contributed by atoms with E-state index < -0.39 is 24.2 Å². The number of aromatic nitrogens is 1. The molecule has 2 rings (SSSR count). The molecule has 0 saturated carbocycles. The van der Waals surface area contributed by atoms with Crippen molar-refractivity contribution in [3.63, 3.8) is 0 Å². The van der Waals surface area contributed by atoms with Crippen LogP contribution in [0.4, 0.5) is 13.2 Å². The van der Waals surface area contributed by atoms with Crippen LogP contribution in [0.3, 0.4) is 0 Å². The van der Waals surface area contributed by atoms with Gasteiger partial charge in [-0.25, -0.2) is 0 Å². The molecule has 0 bridgehead atoms. The molecule has 1 aromatic heterocycles. The summed E-state index contributed by atoms with van der Waals surface area (Å²) in [4.78, 5) is 24.6. The zero-order valence-corrected chi connectivity index (χ0v) is 15.7. The molecule has 0 aliphatic carbocycles. The predicted molar refractivity (Wildman–Crippen MR) is 97.1 cm³/mol. The number of carbonyl (C=O) groups is 1. The number of pyridine rings is 1. The molecule has 0 atom stereocenters. The van der Waals surface area contributed by atoms with Crippen LogP contribution in [0.5, 0.6) is 11.5 Å². The lowest BCUT2D eigenvalue weighted by molar-refractivity contribution is -0.123. The van der Waals surface area contributed by atoms with Gasteiger partial charge in [0.2, 0.25) is 0 Å². The summed E-state index contributed by atoms with van der Waals surface area (Å²) < 4.78 is 48.7.